The Hall–Kier alpha value is -3.02. The number of hydrogen-bond donors (Lipinski definition) is 0. The van der Waals surface area contributed by atoms with Crippen LogP contribution in [0.1, 0.15) is 24.8 Å². The van der Waals surface area contributed by atoms with Gasteiger partial charge in [0.25, 0.3) is 5.69 Å². The molecule has 0 amide bonds. The van der Waals surface area contributed by atoms with Gasteiger partial charge in [-0.05, 0) is 37.1 Å². The number of hydrogen-bond acceptors (Lipinski definition) is 8. The molecular weight excluding hydrogens is 470 g/mol. The maximum atomic E-state index is 13.7. The summed E-state index contributed by atoms with van der Waals surface area (Å²) >= 11 is 0. The van der Waals surface area contributed by atoms with E-state index in [9.17, 15) is 18.5 Å². The Morgan fingerprint density at radius 3 is 2.40 bits per heavy atom. The summed E-state index contributed by atoms with van der Waals surface area (Å²) in [6.07, 6.45) is 4.28. The zero-order valence-electron chi connectivity index (χ0n) is 20.1. The predicted octanol–water partition coefficient (Wildman–Crippen LogP) is 3.42. The fraction of sp³-hybridized carbons (Fsp3) is 0.458. The Balaban J connectivity index is 1.74. The van der Waals surface area contributed by atoms with Crippen LogP contribution >= 0.6 is 0 Å². The van der Waals surface area contributed by atoms with Crippen molar-refractivity contribution in [2.45, 2.75) is 24.2 Å². The summed E-state index contributed by atoms with van der Waals surface area (Å²) in [6, 6.07) is 9.78. The zero-order valence-corrected chi connectivity index (χ0v) is 20.9. The molecule has 0 N–H and O–H groups in total. The van der Waals surface area contributed by atoms with Crippen LogP contribution in [0.25, 0.3) is 0 Å². The van der Waals surface area contributed by atoms with Crippen molar-refractivity contribution in [1.29, 1.82) is 0 Å². The minimum Gasteiger partial charge on any atom is -0.378 e. The topological polar surface area (TPSA) is 109 Å². The molecule has 2 heterocycles. The first kappa shape index (κ1) is 25.1. The van der Waals surface area contributed by atoms with Crippen molar-refractivity contribution in [3.05, 3.63) is 52.1 Å². The van der Waals surface area contributed by atoms with Gasteiger partial charge in [-0.1, -0.05) is 6.42 Å². The third-order valence-electron chi connectivity index (χ3n) is 6.28. The summed E-state index contributed by atoms with van der Waals surface area (Å²) < 4.78 is 34.4. The Kier molecular flexibility index (Phi) is 7.68. The lowest BCUT2D eigenvalue weighted by Crippen LogP contribution is -2.39. The number of anilines is 2. The Labute approximate surface area is 206 Å². The van der Waals surface area contributed by atoms with E-state index < -0.39 is 14.9 Å². The van der Waals surface area contributed by atoms with E-state index in [1.165, 1.54) is 12.1 Å². The molecule has 2 aliphatic heterocycles. The van der Waals surface area contributed by atoms with Crippen molar-refractivity contribution in [3.8, 4) is 0 Å². The molecule has 4 rings (SSSR count). The molecule has 0 unspecified atom stereocenters. The first-order valence-electron chi connectivity index (χ1n) is 11.7. The summed E-state index contributed by atoms with van der Waals surface area (Å²) in [5.41, 5.74) is 2.43. The fourth-order valence-corrected chi connectivity index (χ4v) is 6.16. The van der Waals surface area contributed by atoms with Gasteiger partial charge in [0, 0.05) is 69.9 Å². The molecule has 2 aromatic rings. The molecule has 10 nitrogen and oxygen atoms in total. The third kappa shape index (κ3) is 5.63. The molecule has 2 saturated heterocycles. The number of nitro benzene ring substituents is 1. The van der Waals surface area contributed by atoms with E-state index >= 15 is 0 Å². The van der Waals surface area contributed by atoms with Crippen LogP contribution in [0, 0.1) is 10.1 Å². The van der Waals surface area contributed by atoms with Gasteiger partial charge in [-0.25, -0.2) is 8.42 Å². The molecule has 0 saturated carbocycles. The number of aliphatic imine (C=N–C) groups is 1. The van der Waals surface area contributed by atoms with Crippen LogP contribution < -0.4 is 9.80 Å². The highest BCUT2D eigenvalue weighted by Crippen LogP contribution is 2.34. The maximum Gasteiger partial charge on any atom is 0.270 e. The molecule has 0 aromatic heterocycles. The van der Waals surface area contributed by atoms with Gasteiger partial charge in [0.05, 0.1) is 29.5 Å². The number of morpholine rings is 1. The normalized spacial score (nSPS) is 17.6. The van der Waals surface area contributed by atoms with E-state index in [0.29, 0.717) is 56.3 Å². The van der Waals surface area contributed by atoms with E-state index in [1.54, 1.807) is 34.8 Å². The van der Waals surface area contributed by atoms with Crippen LogP contribution in [0.5, 0.6) is 0 Å². The summed E-state index contributed by atoms with van der Waals surface area (Å²) in [5, 5.41) is 11.3. The molecule has 2 fully saturated rings. The van der Waals surface area contributed by atoms with Gasteiger partial charge in [0.2, 0.25) is 10.0 Å². The Morgan fingerprint density at radius 1 is 1.03 bits per heavy atom. The zero-order chi connectivity index (χ0) is 25.0. The van der Waals surface area contributed by atoms with Crippen LogP contribution in [0.2, 0.25) is 0 Å². The second kappa shape index (κ2) is 10.7. The highest BCUT2D eigenvalue weighted by Gasteiger charge is 2.30. The van der Waals surface area contributed by atoms with Crippen LogP contribution in [0.4, 0.5) is 22.7 Å². The van der Waals surface area contributed by atoms with E-state index in [0.717, 1.165) is 24.9 Å². The van der Waals surface area contributed by atoms with Gasteiger partial charge in [0.15, 0.2) is 0 Å². The quantitative estimate of drug-likeness (QED) is 0.325. The molecule has 0 spiro atoms. The number of nitrogens with zero attached hydrogens (tertiary/aromatic N) is 5. The monoisotopic (exact) mass is 501 g/mol. The largest absolute Gasteiger partial charge is 0.378 e. The number of nitro groups is 1. The van der Waals surface area contributed by atoms with Gasteiger partial charge in [-0.2, -0.15) is 4.31 Å². The van der Waals surface area contributed by atoms with Gasteiger partial charge in [0.1, 0.15) is 4.90 Å². The summed E-state index contributed by atoms with van der Waals surface area (Å²) in [4.78, 5) is 19.5. The third-order valence-corrected chi connectivity index (χ3v) is 8.21. The van der Waals surface area contributed by atoms with Crippen molar-refractivity contribution < 1.29 is 18.1 Å². The number of sulfonamides is 1. The summed E-state index contributed by atoms with van der Waals surface area (Å²) in [7, 11) is -0.0153. The second-order valence-electron chi connectivity index (χ2n) is 8.87. The maximum absolute atomic E-state index is 13.7. The highest BCUT2D eigenvalue weighted by molar-refractivity contribution is 7.89. The molecule has 2 aromatic carbocycles. The molecule has 2 aliphatic rings. The van der Waals surface area contributed by atoms with Crippen LogP contribution in [-0.4, -0.2) is 77.3 Å². The molecule has 188 valence electrons. The number of ether oxygens (including phenoxy) is 1. The standard InChI is InChI=1S/C24H31N5O5S/c1-26(2)22-9-7-21(29(30)31)16-19(22)18-25-20-6-8-23(27-12-14-34-15-13-27)24(17-20)35(32,33)28-10-4-3-5-11-28/h6-9,16-18H,3-5,10-15H2,1-2H3. The summed E-state index contributed by atoms with van der Waals surface area (Å²) in [6.45, 7) is 3.35. The van der Waals surface area contributed by atoms with Crippen molar-refractivity contribution in [3.63, 3.8) is 0 Å². The fourth-order valence-electron chi connectivity index (χ4n) is 4.41. The van der Waals surface area contributed by atoms with Crippen molar-refractivity contribution in [2.24, 2.45) is 4.99 Å². The molecule has 0 atom stereocenters. The van der Waals surface area contributed by atoms with Crippen molar-refractivity contribution in [1.82, 2.24) is 4.31 Å². The smallest absolute Gasteiger partial charge is 0.270 e. The van der Waals surface area contributed by atoms with E-state index in [4.69, 9.17) is 4.74 Å². The van der Waals surface area contributed by atoms with Gasteiger partial charge in [-0.15, -0.1) is 0 Å². The second-order valence-corrected chi connectivity index (χ2v) is 10.8. The van der Waals surface area contributed by atoms with Crippen molar-refractivity contribution >= 4 is 39.0 Å². The molecule has 11 heteroatoms. The number of piperidine rings is 1. The molecule has 35 heavy (non-hydrogen) atoms. The highest BCUT2D eigenvalue weighted by atomic mass is 32.2. The first-order chi connectivity index (χ1) is 16.8. The van der Waals surface area contributed by atoms with Gasteiger partial charge < -0.3 is 14.5 Å². The number of non-ortho nitro benzene ring substituents is 1. The number of benzene rings is 2. The molecular formula is C24H31N5O5S. The average Bonchev–Trinajstić information content (AvgIpc) is 2.88. The van der Waals surface area contributed by atoms with Crippen LogP contribution in [0.3, 0.4) is 0 Å². The SMILES string of the molecule is CN(C)c1ccc([N+](=O)[O-])cc1C=Nc1ccc(N2CCOCC2)c(S(=O)(=O)N2CCCCC2)c1. The lowest BCUT2D eigenvalue weighted by Gasteiger charge is -2.32. The Morgan fingerprint density at radius 2 is 1.74 bits per heavy atom. The first-order valence-corrected chi connectivity index (χ1v) is 13.2. The molecule has 0 aliphatic carbocycles. The van der Waals surface area contributed by atoms with Gasteiger partial charge in [-0.3, -0.25) is 15.1 Å². The summed E-state index contributed by atoms with van der Waals surface area (Å²) in [5.74, 6) is 0. The number of rotatable bonds is 7. The van der Waals surface area contributed by atoms with E-state index in [-0.39, 0.29) is 10.6 Å². The molecule has 0 radical (unpaired) electrons. The van der Waals surface area contributed by atoms with Gasteiger partial charge >= 0.3 is 0 Å². The van der Waals surface area contributed by atoms with Crippen LogP contribution in [0.15, 0.2) is 46.3 Å². The van der Waals surface area contributed by atoms with Crippen LogP contribution in [-0.2, 0) is 14.8 Å². The lowest BCUT2D eigenvalue weighted by molar-refractivity contribution is -0.384. The molecule has 0 bridgehead atoms. The minimum atomic E-state index is -3.71. The lowest BCUT2D eigenvalue weighted by atomic mass is 10.1. The predicted molar refractivity (Wildman–Crippen MR) is 137 cm³/mol. The average molecular weight is 502 g/mol. The van der Waals surface area contributed by atoms with Crippen molar-refractivity contribution in [2.75, 3.05) is 63.3 Å². The van der Waals surface area contributed by atoms with E-state index in [2.05, 4.69) is 4.99 Å². The minimum absolute atomic E-state index is 0.0342. The Bertz CT molecular complexity index is 1200. The van der Waals surface area contributed by atoms with E-state index in [1.807, 2.05) is 23.9 Å².